The van der Waals surface area contributed by atoms with Crippen molar-refractivity contribution in [3.63, 3.8) is 0 Å². The lowest BCUT2D eigenvalue weighted by Gasteiger charge is -2.11. The summed E-state index contributed by atoms with van der Waals surface area (Å²) in [5, 5.41) is 12.9. The van der Waals surface area contributed by atoms with E-state index >= 15 is 0 Å². The van der Waals surface area contributed by atoms with Crippen LogP contribution in [-0.2, 0) is 11.4 Å². The van der Waals surface area contributed by atoms with Gasteiger partial charge >= 0.3 is 0 Å². The Morgan fingerprint density at radius 1 is 1.13 bits per heavy atom. The molecule has 0 bridgehead atoms. The van der Waals surface area contributed by atoms with Gasteiger partial charge in [0.1, 0.15) is 23.9 Å². The van der Waals surface area contributed by atoms with Crippen LogP contribution >= 0.6 is 11.6 Å². The molecule has 3 aromatic carbocycles. The number of carbonyl (C=O) groups excluding carboxylic acids is 1. The summed E-state index contributed by atoms with van der Waals surface area (Å²) in [6.45, 7) is 2.14. The number of nitrogens with zero attached hydrogens (tertiary/aromatic N) is 4. The van der Waals surface area contributed by atoms with E-state index in [1.165, 1.54) is 0 Å². The molecule has 1 atom stereocenters. The van der Waals surface area contributed by atoms with Gasteiger partial charge in [-0.25, -0.2) is 10.1 Å². The largest absolute Gasteiger partial charge is 0.488 e. The Morgan fingerprint density at radius 3 is 2.71 bits per heavy atom. The normalized spacial score (nSPS) is 12.2. The second-order valence-corrected chi connectivity index (χ2v) is 7.32. The van der Waals surface area contributed by atoms with Crippen molar-refractivity contribution in [3.05, 3.63) is 88.9 Å². The van der Waals surface area contributed by atoms with Crippen molar-refractivity contribution in [1.29, 1.82) is 0 Å². The first-order valence-electron chi connectivity index (χ1n) is 9.71. The lowest BCUT2D eigenvalue weighted by Crippen LogP contribution is -2.28. The Kier molecular flexibility index (Phi) is 6.24. The molecule has 4 aromatic rings. The number of hydrogen-bond acceptors (Lipinski definition) is 5. The average Bonchev–Trinajstić information content (AvgIpc) is 3.23. The van der Waals surface area contributed by atoms with E-state index in [9.17, 15) is 4.79 Å². The van der Waals surface area contributed by atoms with Gasteiger partial charge in [0, 0.05) is 10.6 Å². The zero-order valence-electron chi connectivity index (χ0n) is 16.8. The van der Waals surface area contributed by atoms with Crippen molar-refractivity contribution < 1.29 is 9.53 Å². The molecule has 0 spiro atoms. The van der Waals surface area contributed by atoms with Crippen LogP contribution in [0.15, 0.2) is 77.9 Å². The molecule has 156 valence electrons. The summed E-state index contributed by atoms with van der Waals surface area (Å²) >= 11 is 5.92. The fourth-order valence-corrected chi connectivity index (χ4v) is 3.13. The molecule has 0 aliphatic rings. The fraction of sp³-hybridized carbons (Fsp3) is 0.130. The molecule has 1 N–H and O–H groups in total. The lowest BCUT2D eigenvalue weighted by atomic mass is 10.2. The quantitative estimate of drug-likeness (QED) is 0.346. The molecule has 4 rings (SSSR count). The minimum atomic E-state index is -0.569. The van der Waals surface area contributed by atoms with Crippen molar-refractivity contribution in [3.8, 4) is 5.75 Å². The summed E-state index contributed by atoms with van der Waals surface area (Å²) in [7, 11) is 0. The summed E-state index contributed by atoms with van der Waals surface area (Å²) in [4.78, 5) is 12.5. The van der Waals surface area contributed by atoms with Gasteiger partial charge in [0.25, 0.3) is 5.91 Å². The van der Waals surface area contributed by atoms with Gasteiger partial charge < -0.3 is 4.74 Å². The fourth-order valence-electron chi connectivity index (χ4n) is 3.00. The average molecular weight is 434 g/mol. The second kappa shape index (κ2) is 9.40. The summed E-state index contributed by atoms with van der Waals surface area (Å²) in [6.07, 6.45) is 1.56. The van der Waals surface area contributed by atoms with Crippen molar-refractivity contribution >= 4 is 34.8 Å². The van der Waals surface area contributed by atoms with Crippen LogP contribution < -0.4 is 10.2 Å². The third-order valence-electron chi connectivity index (χ3n) is 4.73. The summed E-state index contributed by atoms with van der Waals surface area (Å²) in [5.41, 5.74) is 5.83. The number of hydrazone groups is 1. The molecule has 0 aliphatic heterocycles. The first-order valence-corrected chi connectivity index (χ1v) is 10.1. The number of halogens is 1. The molecule has 7 nitrogen and oxygen atoms in total. The smallest absolute Gasteiger partial charge is 0.264 e. The molecule has 0 saturated carbocycles. The number of nitrogens with one attached hydrogen (secondary N) is 1. The van der Waals surface area contributed by atoms with Gasteiger partial charge in [-0.3, -0.25) is 4.79 Å². The predicted octanol–water partition coefficient (Wildman–Crippen LogP) is 4.38. The molecule has 0 radical (unpaired) electrons. The summed E-state index contributed by atoms with van der Waals surface area (Å²) in [5.74, 6) is 0.359. The molecular weight excluding hydrogens is 414 g/mol. The molecular formula is C23H20ClN5O2. The molecule has 0 saturated heterocycles. The van der Waals surface area contributed by atoms with Crippen LogP contribution in [0, 0.1) is 0 Å². The lowest BCUT2D eigenvalue weighted by molar-refractivity contribution is -0.124. The van der Waals surface area contributed by atoms with Crippen LogP contribution in [0.2, 0.25) is 5.02 Å². The van der Waals surface area contributed by atoms with Gasteiger partial charge in [0.2, 0.25) is 0 Å². The Bertz CT molecular complexity index is 1220. The summed E-state index contributed by atoms with van der Waals surface area (Å²) in [6, 6.07) is 21.8. The van der Waals surface area contributed by atoms with Crippen LogP contribution in [-0.4, -0.2) is 27.1 Å². The highest BCUT2D eigenvalue weighted by Crippen LogP contribution is 2.19. The van der Waals surface area contributed by atoms with Crippen LogP contribution in [0.5, 0.6) is 5.75 Å². The molecule has 1 aromatic heterocycles. The van der Waals surface area contributed by atoms with Crippen molar-refractivity contribution in [2.24, 2.45) is 5.10 Å². The molecule has 1 heterocycles. The highest BCUT2D eigenvalue weighted by atomic mass is 35.5. The van der Waals surface area contributed by atoms with E-state index in [2.05, 4.69) is 20.8 Å². The van der Waals surface area contributed by atoms with Crippen molar-refractivity contribution in [1.82, 2.24) is 20.4 Å². The van der Waals surface area contributed by atoms with Crippen molar-refractivity contribution in [2.45, 2.75) is 19.6 Å². The van der Waals surface area contributed by atoms with Gasteiger partial charge in [0.15, 0.2) is 0 Å². The van der Waals surface area contributed by atoms with E-state index in [0.717, 1.165) is 22.2 Å². The van der Waals surface area contributed by atoms with E-state index in [4.69, 9.17) is 16.3 Å². The number of rotatable bonds is 7. The highest BCUT2D eigenvalue weighted by Gasteiger charge is 2.18. The van der Waals surface area contributed by atoms with Crippen LogP contribution in [0.25, 0.3) is 11.0 Å². The van der Waals surface area contributed by atoms with Gasteiger partial charge in [-0.1, -0.05) is 53.2 Å². The molecule has 31 heavy (non-hydrogen) atoms. The van der Waals surface area contributed by atoms with E-state index in [-0.39, 0.29) is 5.91 Å². The minimum Gasteiger partial charge on any atom is -0.488 e. The van der Waals surface area contributed by atoms with E-state index < -0.39 is 6.04 Å². The van der Waals surface area contributed by atoms with Gasteiger partial charge in [-0.15, -0.1) is 5.10 Å². The van der Waals surface area contributed by atoms with Crippen LogP contribution in [0.4, 0.5) is 0 Å². The zero-order valence-corrected chi connectivity index (χ0v) is 17.5. The maximum atomic E-state index is 12.5. The zero-order chi connectivity index (χ0) is 21.6. The molecule has 1 unspecified atom stereocenters. The number of benzene rings is 3. The third kappa shape index (κ3) is 4.90. The molecule has 0 fully saturated rings. The number of ether oxygens (including phenoxy) is 1. The summed E-state index contributed by atoms with van der Waals surface area (Å²) < 4.78 is 7.48. The first kappa shape index (κ1) is 20.6. The van der Waals surface area contributed by atoms with E-state index in [1.54, 1.807) is 17.8 Å². The minimum absolute atomic E-state index is 0.300. The van der Waals surface area contributed by atoms with E-state index in [1.807, 2.05) is 72.8 Å². The maximum absolute atomic E-state index is 12.5. The number of carbonyl (C=O) groups is 1. The number of fused-ring (bicyclic) bond motifs is 1. The maximum Gasteiger partial charge on any atom is 0.264 e. The highest BCUT2D eigenvalue weighted by molar-refractivity contribution is 6.30. The van der Waals surface area contributed by atoms with Gasteiger partial charge in [0.05, 0.1) is 11.7 Å². The Balaban J connectivity index is 1.40. The van der Waals surface area contributed by atoms with E-state index in [0.29, 0.717) is 17.4 Å². The molecule has 0 aliphatic carbocycles. The predicted molar refractivity (Wildman–Crippen MR) is 120 cm³/mol. The molecule has 1 amide bonds. The van der Waals surface area contributed by atoms with Crippen LogP contribution in [0.1, 0.15) is 24.1 Å². The Labute approximate surface area is 184 Å². The monoisotopic (exact) mass is 433 g/mol. The van der Waals surface area contributed by atoms with Crippen LogP contribution in [0.3, 0.4) is 0 Å². The number of hydrogen-bond donors (Lipinski definition) is 1. The Hall–Kier alpha value is -3.71. The van der Waals surface area contributed by atoms with Gasteiger partial charge in [-0.2, -0.15) is 5.10 Å². The number of amides is 1. The second-order valence-electron chi connectivity index (χ2n) is 6.89. The topological polar surface area (TPSA) is 81.4 Å². The number of para-hydroxylation sites is 2. The standard InChI is InChI=1S/C23H20ClN5O2/c1-16(29-21-8-4-3-7-20(21)26-28-29)23(30)27-25-14-18-6-2-5-9-22(18)31-15-17-10-12-19(24)13-11-17/h2-14,16H,15H2,1H3,(H,27,30). The molecule has 8 heteroatoms. The SMILES string of the molecule is CC(C(=O)NN=Cc1ccccc1OCc1ccc(Cl)cc1)n1nnc2ccccc21. The first-order chi connectivity index (χ1) is 15.1. The Morgan fingerprint density at radius 2 is 1.87 bits per heavy atom. The number of aromatic nitrogens is 3. The third-order valence-corrected chi connectivity index (χ3v) is 4.98. The van der Waals surface area contributed by atoms with Gasteiger partial charge in [-0.05, 0) is 48.9 Å². The van der Waals surface area contributed by atoms with Crippen molar-refractivity contribution in [2.75, 3.05) is 0 Å².